The fourth-order valence-electron chi connectivity index (χ4n) is 3.77. The number of carbonyl (C=O) groups excluding carboxylic acids is 2. The molecule has 3 atom stereocenters. The van der Waals surface area contributed by atoms with Crippen molar-refractivity contribution in [3.63, 3.8) is 0 Å². The zero-order valence-electron chi connectivity index (χ0n) is 12.7. The topological polar surface area (TPSA) is 47.0 Å². The van der Waals surface area contributed by atoms with Gasteiger partial charge in [0.15, 0.2) is 0 Å². The number of nitrogens with zero attached hydrogens (tertiary/aromatic N) is 1. The van der Waals surface area contributed by atoms with Gasteiger partial charge in [-0.25, -0.2) is 0 Å². The zero-order chi connectivity index (χ0) is 16.1. The molecule has 2 aliphatic carbocycles. The van der Waals surface area contributed by atoms with Gasteiger partial charge in [0.05, 0.1) is 0 Å². The third-order valence-electron chi connectivity index (χ3n) is 5.00. The van der Waals surface area contributed by atoms with Crippen LogP contribution in [0.5, 0.6) is 0 Å². The summed E-state index contributed by atoms with van der Waals surface area (Å²) in [6, 6.07) is 7.60. The first-order valence-electron chi connectivity index (χ1n) is 7.85. The van der Waals surface area contributed by atoms with Gasteiger partial charge in [0.25, 0.3) is 0 Å². The van der Waals surface area contributed by atoms with Gasteiger partial charge >= 0.3 is 146 Å². The first kappa shape index (κ1) is 15.3. The van der Waals surface area contributed by atoms with Crippen molar-refractivity contribution < 1.29 is 9.59 Å². The second kappa shape index (κ2) is 5.70. The summed E-state index contributed by atoms with van der Waals surface area (Å²) in [5, 5.41) is 0.693. The quantitative estimate of drug-likeness (QED) is 0.581. The van der Waals surface area contributed by atoms with Crippen LogP contribution in [0.1, 0.15) is 35.3 Å². The number of halogens is 1. The molecule has 0 radical (unpaired) electrons. The van der Waals surface area contributed by atoms with Crippen LogP contribution in [-0.4, -0.2) is 31.1 Å². The Labute approximate surface area is 145 Å². The van der Waals surface area contributed by atoms with Crippen LogP contribution in [0.4, 0.5) is 0 Å². The maximum absolute atomic E-state index is 12.7. The number of benzene rings is 1. The fourth-order valence-corrected chi connectivity index (χ4v) is 5.90. The zero-order valence-corrected chi connectivity index (χ0v) is 15.2. The summed E-state index contributed by atoms with van der Waals surface area (Å²) in [7, 11) is 0. The Morgan fingerprint density at radius 2 is 1.70 bits per heavy atom. The van der Waals surface area contributed by atoms with Crippen molar-refractivity contribution >= 4 is 37.7 Å². The summed E-state index contributed by atoms with van der Waals surface area (Å²) in [5.41, 5.74) is 1.77. The molecule has 2 fully saturated rings. The van der Waals surface area contributed by atoms with Gasteiger partial charge in [-0.05, 0) is 0 Å². The molecule has 23 heavy (non-hydrogen) atoms. The van der Waals surface area contributed by atoms with Gasteiger partial charge in [-0.3, -0.25) is 0 Å². The summed E-state index contributed by atoms with van der Waals surface area (Å²) in [6.07, 6.45) is 2.51. The van der Waals surface area contributed by atoms with E-state index in [2.05, 4.69) is 0 Å². The molecule has 0 saturated heterocycles. The van der Waals surface area contributed by atoms with E-state index in [1.165, 1.54) is 0 Å². The van der Waals surface area contributed by atoms with Gasteiger partial charge < -0.3 is 0 Å². The molecule has 2 aromatic rings. The van der Waals surface area contributed by atoms with Gasteiger partial charge in [-0.15, -0.1) is 0 Å². The Bertz CT molecular complexity index is 774. The van der Waals surface area contributed by atoms with E-state index in [4.69, 9.17) is 16.6 Å². The molecule has 0 N–H and O–H groups in total. The number of aromatic nitrogens is 1. The number of rotatable bonds is 2. The average Bonchev–Trinajstić information content (AvgIpc) is 3.13. The first-order chi connectivity index (χ1) is 11.0. The van der Waals surface area contributed by atoms with Crippen LogP contribution in [-0.2, 0) is 9.59 Å². The number of fused-ring (bicyclic) bond motifs is 2. The molecule has 0 amide bonds. The van der Waals surface area contributed by atoms with Crippen LogP contribution >= 0.6 is 11.6 Å². The fraction of sp³-hybridized carbons (Fsp3) is 0.389. The predicted molar refractivity (Wildman–Crippen MR) is 89.9 cm³/mol. The van der Waals surface area contributed by atoms with Crippen LogP contribution < -0.4 is 0 Å². The molecule has 2 aliphatic rings. The van der Waals surface area contributed by atoms with Crippen molar-refractivity contribution in [1.82, 2.24) is 4.98 Å². The Hall–Kier alpha value is -1.22. The summed E-state index contributed by atoms with van der Waals surface area (Å²) in [5.74, 6) is -0.242. The van der Waals surface area contributed by atoms with Gasteiger partial charge in [-0.1, -0.05) is 0 Å². The second-order valence-electron chi connectivity index (χ2n) is 6.41. The average molecular weight is 393 g/mol. The SMILES string of the molecule is Cc1[se]c(-c2ccc(Cl)cc2)nc1C1C(=O)[C@@H]2CC[C@@H](C2)C1=O. The predicted octanol–water partition coefficient (Wildman–Crippen LogP) is 3.42. The third-order valence-corrected chi connectivity index (χ3v) is 7.43. The minimum atomic E-state index is -0.604. The molecular weight excluding hydrogens is 377 g/mol. The van der Waals surface area contributed by atoms with Crippen LogP contribution in [0.15, 0.2) is 24.3 Å². The molecule has 118 valence electrons. The van der Waals surface area contributed by atoms with Crippen LogP contribution in [0.25, 0.3) is 10.1 Å². The molecule has 5 heteroatoms. The van der Waals surface area contributed by atoms with Crippen LogP contribution in [0.3, 0.4) is 0 Å². The number of hydrogen-bond acceptors (Lipinski definition) is 3. The molecule has 1 unspecified atom stereocenters. The normalized spacial score (nSPS) is 26.8. The molecule has 1 aromatic carbocycles. The molecule has 3 nitrogen and oxygen atoms in total. The number of aryl methyl sites for hydroxylation is 1. The minimum absolute atomic E-state index is 0.0697. The van der Waals surface area contributed by atoms with E-state index in [1.807, 2.05) is 31.2 Å². The molecule has 1 heterocycles. The summed E-state index contributed by atoms with van der Waals surface area (Å²) < 4.78 is 2.09. The molecule has 0 spiro atoms. The number of hydrogen-bond donors (Lipinski definition) is 0. The second-order valence-corrected chi connectivity index (χ2v) is 9.37. The molecule has 2 saturated carbocycles. The van der Waals surface area contributed by atoms with Gasteiger partial charge in [0.1, 0.15) is 0 Å². The van der Waals surface area contributed by atoms with Crippen molar-refractivity contribution in [2.45, 2.75) is 32.1 Å². The summed E-state index contributed by atoms with van der Waals surface area (Å²) >= 11 is 6.01. The van der Waals surface area contributed by atoms with E-state index in [-0.39, 0.29) is 37.9 Å². The van der Waals surface area contributed by atoms with Crippen molar-refractivity contribution in [1.29, 1.82) is 0 Å². The molecular formula is C18H16ClNO2Se. The van der Waals surface area contributed by atoms with E-state index >= 15 is 0 Å². The van der Waals surface area contributed by atoms with Crippen molar-refractivity contribution in [3.8, 4) is 10.1 Å². The molecule has 1 aromatic heterocycles. The Morgan fingerprint density at radius 1 is 1.09 bits per heavy atom. The van der Waals surface area contributed by atoms with E-state index in [1.54, 1.807) is 0 Å². The van der Waals surface area contributed by atoms with Gasteiger partial charge in [0, 0.05) is 0 Å². The van der Waals surface area contributed by atoms with Gasteiger partial charge in [-0.2, -0.15) is 0 Å². The first-order valence-corrected chi connectivity index (χ1v) is 9.94. The van der Waals surface area contributed by atoms with Crippen molar-refractivity contribution in [2.75, 3.05) is 0 Å². The van der Waals surface area contributed by atoms with Crippen molar-refractivity contribution in [2.24, 2.45) is 11.8 Å². The Balaban J connectivity index is 1.73. The third kappa shape index (κ3) is 2.53. The Kier molecular flexibility index (Phi) is 3.79. The van der Waals surface area contributed by atoms with E-state index in [0.29, 0.717) is 5.02 Å². The van der Waals surface area contributed by atoms with E-state index in [9.17, 15) is 9.59 Å². The van der Waals surface area contributed by atoms with Crippen LogP contribution in [0, 0.1) is 18.8 Å². The monoisotopic (exact) mass is 393 g/mol. The van der Waals surface area contributed by atoms with Crippen LogP contribution in [0.2, 0.25) is 5.02 Å². The van der Waals surface area contributed by atoms with E-state index < -0.39 is 5.92 Å². The standard InChI is InChI=1S/C18H16ClNO2Se/c1-9-15(14-16(21)11-2-3-12(8-11)17(14)22)20-18(23-9)10-4-6-13(19)7-5-10/h4-7,11-12,14H,2-3,8H2,1H3/t11-,12+,14?. The number of ketones is 2. The number of Topliss-reactive ketones (excluding diaryl/α,β-unsaturated/α-hetero) is 2. The van der Waals surface area contributed by atoms with Gasteiger partial charge in [0.2, 0.25) is 0 Å². The molecule has 4 rings (SSSR count). The van der Waals surface area contributed by atoms with Crippen molar-refractivity contribution in [3.05, 3.63) is 39.4 Å². The van der Waals surface area contributed by atoms with E-state index in [0.717, 1.165) is 39.5 Å². The number of carbonyl (C=O) groups is 2. The summed E-state index contributed by atoms with van der Waals surface area (Å²) in [4.78, 5) is 30.1. The molecule has 0 aliphatic heterocycles. The summed E-state index contributed by atoms with van der Waals surface area (Å²) in [6.45, 7) is 2.01. The Morgan fingerprint density at radius 3 is 2.30 bits per heavy atom. The molecule has 2 bridgehead atoms. The maximum atomic E-state index is 12.7.